The minimum absolute atomic E-state index is 0.230. The van der Waals surface area contributed by atoms with E-state index in [9.17, 15) is 8.42 Å². The van der Waals surface area contributed by atoms with Crippen molar-refractivity contribution in [3.63, 3.8) is 0 Å². The highest BCUT2D eigenvalue weighted by Gasteiger charge is 2.14. The Balaban J connectivity index is 2.15. The Hall–Kier alpha value is -1.85. The number of nitrogens with one attached hydrogen (secondary N) is 1. The number of aryl methyl sites for hydroxylation is 2. The average molecular weight is 305 g/mol. The van der Waals surface area contributed by atoms with Crippen molar-refractivity contribution in [1.82, 2.24) is 4.72 Å². The third-order valence-electron chi connectivity index (χ3n) is 3.33. The van der Waals surface area contributed by atoms with Gasteiger partial charge in [-0.15, -0.1) is 0 Å². The third kappa shape index (κ3) is 3.83. The van der Waals surface area contributed by atoms with Crippen LogP contribution in [-0.2, 0) is 16.6 Å². The first-order chi connectivity index (χ1) is 9.92. The SMILES string of the molecule is COc1ccc(S(=O)(=O)NCc2cc(C)ccc2C)cc1. The van der Waals surface area contributed by atoms with Gasteiger partial charge in [0.15, 0.2) is 0 Å². The Kier molecular flexibility index (Phi) is 4.65. The lowest BCUT2D eigenvalue weighted by molar-refractivity contribution is 0.414. The van der Waals surface area contributed by atoms with Crippen molar-refractivity contribution in [2.75, 3.05) is 7.11 Å². The summed E-state index contributed by atoms with van der Waals surface area (Å²) in [6.45, 7) is 4.24. The van der Waals surface area contributed by atoms with Gasteiger partial charge >= 0.3 is 0 Å². The number of rotatable bonds is 5. The van der Waals surface area contributed by atoms with Gasteiger partial charge in [-0.25, -0.2) is 13.1 Å². The number of hydrogen-bond donors (Lipinski definition) is 1. The van der Waals surface area contributed by atoms with Crippen molar-refractivity contribution in [3.8, 4) is 5.75 Å². The molecule has 0 aliphatic carbocycles. The largest absolute Gasteiger partial charge is 0.497 e. The lowest BCUT2D eigenvalue weighted by Gasteiger charge is -2.10. The highest BCUT2D eigenvalue weighted by Crippen LogP contribution is 2.16. The second-order valence-electron chi connectivity index (χ2n) is 4.93. The van der Waals surface area contributed by atoms with Crippen LogP contribution in [0.25, 0.3) is 0 Å². The van der Waals surface area contributed by atoms with Gasteiger partial charge in [0.1, 0.15) is 5.75 Å². The van der Waals surface area contributed by atoms with E-state index in [1.54, 1.807) is 19.2 Å². The van der Waals surface area contributed by atoms with Crippen LogP contribution in [0.2, 0.25) is 0 Å². The first-order valence-electron chi connectivity index (χ1n) is 6.62. The van der Waals surface area contributed by atoms with Gasteiger partial charge in [-0.1, -0.05) is 23.8 Å². The molecule has 0 amide bonds. The summed E-state index contributed by atoms with van der Waals surface area (Å²) in [5, 5.41) is 0. The fraction of sp³-hybridized carbons (Fsp3) is 0.250. The Bertz CT molecular complexity index is 722. The standard InChI is InChI=1S/C16H19NO3S/c1-12-4-5-13(2)14(10-12)11-17-21(18,19)16-8-6-15(20-3)7-9-16/h4-10,17H,11H2,1-3H3. The van der Waals surface area contributed by atoms with Gasteiger partial charge in [0, 0.05) is 6.54 Å². The maximum absolute atomic E-state index is 12.2. The predicted octanol–water partition coefficient (Wildman–Crippen LogP) is 2.79. The number of hydrogen-bond acceptors (Lipinski definition) is 3. The molecule has 2 aromatic carbocycles. The van der Waals surface area contributed by atoms with Crippen molar-refractivity contribution < 1.29 is 13.2 Å². The van der Waals surface area contributed by atoms with Gasteiger partial charge in [0.25, 0.3) is 0 Å². The van der Waals surface area contributed by atoms with Crippen molar-refractivity contribution in [2.45, 2.75) is 25.3 Å². The zero-order valence-electron chi connectivity index (χ0n) is 12.4. The molecule has 0 aromatic heterocycles. The van der Waals surface area contributed by atoms with E-state index in [1.807, 2.05) is 32.0 Å². The summed E-state index contributed by atoms with van der Waals surface area (Å²) in [6.07, 6.45) is 0. The van der Waals surface area contributed by atoms with Crippen LogP contribution in [0.5, 0.6) is 5.75 Å². The molecule has 0 heterocycles. The molecule has 112 valence electrons. The smallest absolute Gasteiger partial charge is 0.240 e. The molecule has 0 radical (unpaired) electrons. The Labute approximate surface area is 125 Å². The van der Waals surface area contributed by atoms with Gasteiger partial charge in [0.05, 0.1) is 12.0 Å². The van der Waals surface area contributed by atoms with E-state index in [0.717, 1.165) is 16.7 Å². The summed E-state index contributed by atoms with van der Waals surface area (Å²) in [4.78, 5) is 0.230. The zero-order valence-corrected chi connectivity index (χ0v) is 13.2. The first-order valence-corrected chi connectivity index (χ1v) is 8.10. The van der Waals surface area contributed by atoms with Crippen LogP contribution in [0.15, 0.2) is 47.4 Å². The van der Waals surface area contributed by atoms with Crippen molar-refractivity contribution in [2.24, 2.45) is 0 Å². The maximum Gasteiger partial charge on any atom is 0.240 e. The van der Waals surface area contributed by atoms with E-state index in [-0.39, 0.29) is 11.4 Å². The minimum Gasteiger partial charge on any atom is -0.497 e. The van der Waals surface area contributed by atoms with Gasteiger partial charge < -0.3 is 4.74 Å². The van der Waals surface area contributed by atoms with Crippen molar-refractivity contribution in [3.05, 3.63) is 59.2 Å². The van der Waals surface area contributed by atoms with Gasteiger partial charge in [-0.05, 0) is 49.2 Å². The third-order valence-corrected chi connectivity index (χ3v) is 4.74. The second-order valence-corrected chi connectivity index (χ2v) is 6.70. The van der Waals surface area contributed by atoms with Crippen LogP contribution in [0.3, 0.4) is 0 Å². The molecular weight excluding hydrogens is 286 g/mol. The molecule has 21 heavy (non-hydrogen) atoms. The van der Waals surface area contributed by atoms with Crippen LogP contribution in [0.1, 0.15) is 16.7 Å². The Morgan fingerprint density at radius 2 is 1.71 bits per heavy atom. The van der Waals surface area contributed by atoms with E-state index in [1.165, 1.54) is 12.1 Å². The molecule has 0 unspecified atom stereocenters. The highest BCUT2D eigenvalue weighted by molar-refractivity contribution is 7.89. The van der Waals surface area contributed by atoms with Gasteiger partial charge in [-0.3, -0.25) is 0 Å². The van der Waals surface area contributed by atoms with E-state index in [0.29, 0.717) is 5.75 Å². The molecule has 0 aliphatic heterocycles. The second kappa shape index (κ2) is 6.28. The number of ether oxygens (including phenoxy) is 1. The summed E-state index contributed by atoms with van der Waals surface area (Å²) in [5.41, 5.74) is 3.16. The van der Waals surface area contributed by atoms with Crippen molar-refractivity contribution in [1.29, 1.82) is 0 Å². The molecule has 0 atom stereocenters. The molecule has 2 aromatic rings. The van der Waals surface area contributed by atoms with E-state index >= 15 is 0 Å². The Morgan fingerprint density at radius 1 is 1.05 bits per heavy atom. The minimum atomic E-state index is -3.52. The summed E-state index contributed by atoms with van der Waals surface area (Å²) in [7, 11) is -1.97. The summed E-state index contributed by atoms with van der Waals surface area (Å²) >= 11 is 0. The van der Waals surface area contributed by atoms with Crippen LogP contribution in [-0.4, -0.2) is 15.5 Å². The zero-order chi connectivity index (χ0) is 15.5. The molecule has 0 aliphatic rings. The summed E-state index contributed by atoms with van der Waals surface area (Å²) < 4.78 is 32.2. The summed E-state index contributed by atoms with van der Waals surface area (Å²) in [5.74, 6) is 0.628. The quantitative estimate of drug-likeness (QED) is 0.924. The lowest BCUT2D eigenvalue weighted by atomic mass is 10.1. The molecule has 2 rings (SSSR count). The average Bonchev–Trinajstić information content (AvgIpc) is 2.48. The van der Waals surface area contributed by atoms with Crippen molar-refractivity contribution >= 4 is 10.0 Å². The molecule has 1 N–H and O–H groups in total. The highest BCUT2D eigenvalue weighted by atomic mass is 32.2. The normalized spacial score (nSPS) is 11.4. The fourth-order valence-corrected chi connectivity index (χ4v) is 3.01. The number of sulfonamides is 1. The fourth-order valence-electron chi connectivity index (χ4n) is 2.00. The monoisotopic (exact) mass is 305 g/mol. The van der Waals surface area contributed by atoms with Crippen LogP contribution >= 0.6 is 0 Å². The van der Waals surface area contributed by atoms with E-state index in [4.69, 9.17) is 4.74 Å². The van der Waals surface area contributed by atoms with Crippen LogP contribution in [0, 0.1) is 13.8 Å². The molecule has 0 fully saturated rings. The molecule has 0 saturated heterocycles. The molecule has 4 nitrogen and oxygen atoms in total. The van der Waals surface area contributed by atoms with E-state index < -0.39 is 10.0 Å². The molecule has 0 bridgehead atoms. The number of methoxy groups -OCH3 is 1. The first kappa shape index (κ1) is 15.5. The molecule has 5 heteroatoms. The number of benzene rings is 2. The van der Waals surface area contributed by atoms with Gasteiger partial charge in [-0.2, -0.15) is 0 Å². The molecule has 0 spiro atoms. The summed E-state index contributed by atoms with van der Waals surface area (Å²) in [6, 6.07) is 12.3. The van der Waals surface area contributed by atoms with Crippen LogP contribution in [0.4, 0.5) is 0 Å². The predicted molar refractivity (Wildman–Crippen MR) is 82.9 cm³/mol. The molecular formula is C16H19NO3S. The lowest BCUT2D eigenvalue weighted by Crippen LogP contribution is -2.23. The maximum atomic E-state index is 12.2. The Morgan fingerprint density at radius 3 is 2.33 bits per heavy atom. The molecule has 0 saturated carbocycles. The topological polar surface area (TPSA) is 55.4 Å². The van der Waals surface area contributed by atoms with Crippen LogP contribution < -0.4 is 9.46 Å². The van der Waals surface area contributed by atoms with E-state index in [2.05, 4.69) is 4.72 Å². The van der Waals surface area contributed by atoms with Gasteiger partial charge in [0.2, 0.25) is 10.0 Å².